The SMILES string of the molecule is NC(=S)c1ccc(OCc2ccc(Cl)cc2Cl)cc1Cl. The largest absolute Gasteiger partial charge is 0.489 e. The molecule has 0 unspecified atom stereocenters. The molecule has 0 amide bonds. The maximum absolute atomic E-state index is 6.07. The van der Waals surface area contributed by atoms with Gasteiger partial charge in [-0.2, -0.15) is 0 Å². The van der Waals surface area contributed by atoms with Crippen molar-refractivity contribution < 1.29 is 4.74 Å². The molecular formula is C14H10Cl3NOS. The van der Waals surface area contributed by atoms with Gasteiger partial charge in [0.1, 0.15) is 17.3 Å². The van der Waals surface area contributed by atoms with Crippen molar-refractivity contribution in [3.05, 3.63) is 62.6 Å². The van der Waals surface area contributed by atoms with Gasteiger partial charge in [0.15, 0.2) is 0 Å². The molecule has 0 bridgehead atoms. The molecule has 0 aliphatic heterocycles. The van der Waals surface area contributed by atoms with E-state index in [0.29, 0.717) is 33.0 Å². The van der Waals surface area contributed by atoms with Gasteiger partial charge in [-0.25, -0.2) is 0 Å². The molecule has 2 rings (SSSR count). The van der Waals surface area contributed by atoms with Crippen LogP contribution in [0.4, 0.5) is 0 Å². The van der Waals surface area contributed by atoms with E-state index < -0.39 is 0 Å². The number of nitrogens with two attached hydrogens (primary N) is 1. The molecule has 0 fully saturated rings. The fourth-order valence-corrected chi connectivity index (χ4v) is 2.55. The first-order chi connectivity index (χ1) is 9.47. The molecule has 0 radical (unpaired) electrons. The van der Waals surface area contributed by atoms with Crippen LogP contribution < -0.4 is 10.5 Å². The van der Waals surface area contributed by atoms with Crippen molar-refractivity contribution in [1.82, 2.24) is 0 Å². The third-order valence-electron chi connectivity index (χ3n) is 2.62. The molecular weight excluding hydrogens is 337 g/mol. The second-order valence-electron chi connectivity index (χ2n) is 4.03. The second kappa shape index (κ2) is 6.64. The Hall–Kier alpha value is -1.000. The van der Waals surface area contributed by atoms with Crippen LogP contribution in [0, 0.1) is 0 Å². The van der Waals surface area contributed by atoms with Crippen LogP contribution in [0.3, 0.4) is 0 Å². The van der Waals surface area contributed by atoms with Gasteiger partial charge in [0.25, 0.3) is 0 Å². The summed E-state index contributed by atoms with van der Waals surface area (Å²) in [6.07, 6.45) is 0. The number of rotatable bonds is 4. The normalized spacial score (nSPS) is 10.3. The van der Waals surface area contributed by atoms with Crippen molar-refractivity contribution in [2.24, 2.45) is 5.73 Å². The number of thiocarbonyl (C=S) groups is 1. The monoisotopic (exact) mass is 345 g/mol. The Kier molecular flexibility index (Phi) is 5.11. The molecule has 0 aliphatic carbocycles. The van der Waals surface area contributed by atoms with Gasteiger partial charge in [-0.3, -0.25) is 0 Å². The van der Waals surface area contributed by atoms with Crippen molar-refractivity contribution in [2.75, 3.05) is 0 Å². The van der Waals surface area contributed by atoms with E-state index in [2.05, 4.69) is 0 Å². The Labute approximate surface area is 137 Å². The zero-order valence-electron chi connectivity index (χ0n) is 10.2. The lowest BCUT2D eigenvalue weighted by molar-refractivity contribution is 0.306. The van der Waals surface area contributed by atoms with Gasteiger partial charge < -0.3 is 10.5 Å². The quantitative estimate of drug-likeness (QED) is 0.803. The summed E-state index contributed by atoms with van der Waals surface area (Å²) >= 11 is 22.9. The molecule has 2 aromatic rings. The fraction of sp³-hybridized carbons (Fsp3) is 0.0714. The van der Waals surface area contributed by atoms with Gasteiger partial charge in [-0.1, -0.05) is 53.1 Å². The highest BCUT2D eigenvalue weighted by molar-refractivity contribution is 7.80. The highest BCUT2D eigenvalue weighted by Gasteiger charge is 2.06. The van der Waals surface area contributed by atoms with Crippen LogP contribution in [0.5, 0.6) is 5.75 Å². The smallest absolute Gasteiger partial charge is 0.121 e. The lowest BCUT2D eigenvalue weighted by Gasteiger charge is -2.10. The Morgan fingerprint density at radius 1 is 1.05 bits per heavy atom. The van der Waals surface area contributed by atoms with Crippen molar-refractivity contribution >= 4 is 52.0 Å². The van der Waals surface area contributed by atoms with E-state index in [9.17, 15) is 0 Å². The average molecular weight is 347 g/mol. The summed E-state index contributed by atoms with van der Waals surface area (Å²) in [5, 5.41) is 1.60. The molecule has 6 heteroatoms. The molecule has 20 heavy (non-hydrogen) atoms. The van der Waals surface area contributed by atoms with Crippen molar-refractivity contribution in [1.29, 1.82) is 0 Å². The molecule has 0 spiro atoms. The number of hydrogen-bond donors (Lipinski definition) is 1. The molecule has 2 nitrogen and oxygen atoms in total. The molecule has 2 N–H and O–H groups in total. The average Bonchev–Trinajstić information content (AvgIpc) is 2.37. The molecule has 0 aliphatic rings. The fourth-order valence-electron chi connectivity index (χ4n) is 1.59. The summed E-state index contributed by atoms with van der Waals surface area (Å²) in [7, 11) is 0. The molecule has 0 saturated heterocycles. The third kappa shape index (κ3) is 3.76. The molecule has 0 atom stereocenters. The van der Waals surface area contributed by atoms with Crippen LogP contribution in [0.1, 0.15) is 11.1 Å². The van der Waals surface area contributed by atoms with Crippen molar-refractivity contribution in [3.8, 4) is 5.75 Å². The van der Waals surface area contributed by atoms with Crippen LogP contribution in [-0.4, -0.2) is 4.99 Å². The van der Waals surface area contributed by atoms with E-state index in [1.807, 2.05) is 6.07 Å². The minimum Gasteiger partial charge on any atom is -0.489 e. The van der Waals surface area contributed by atoms with Gasteiger partial charge >= 0.3 is 0 Å². The lowest BCUT2D eigenvalue weighted by Crippen LogP contribution is -2.09. The highest BCUT2D eigenvalue weighted by atomic mass is 35.5. The molecule has 0 saturated carbocycles. The Bertz CT molecular complexity index is 661. The number of ether oxygens (including phenoxy) is 1. The Morgan fingerprint density at radius 3 is 2.40 bits per heavy atom. The topological polar surface area (TPSA) is 35.2 Å². The van der Waals surface area contributed by atoms with Gasteiger partial charge in [-0.05, 0) is 30.3 Å². The van der Waals surface area contributed by atoms with Gasteiger partial charge in [0.2, 0.25) is 0 Å². The van der Waals surface area contributed by atoms with E-state index in [1.165, 1.54) is 0 Å². The van der Waals surface area contributed by atoms with E-state index in [-0.39, 0.29) is 4.99 Å². The van der Waals surface area contributed by atoms with E-state index >= 15 is 0 Å². The maximum Gasteiger partial charge on any atom is 0.121 e. The maximum atomic E-state index is 6.07. The van der Waals surface area contributed by atoms with Crippen LogP contribution in [-0.2, 0) is 6.61 Å². The first-order valence-corrected chi connectivity index (χ1v) is 7.17. The predicted molar refractivity (Wildman–Crippen MR) is 88.1 cm³/mol. The first-order valence-electron chi connectivity index (χ1n) is 5.63. The Balaban J connectivity index is 2.11. The summed E-state index contributed by atoms with van der Waals surface area (Å²) in [5.41, 5.74) is 7.00. The van der Waals surface area contributed by atoms with Crippen LogP contribution in [0.2, 0.25) is 15.1 Å². The zero-order valence-corrected chi connectivity index (χ0v) is 13.3. The minimum atomic E-state index is 0.252. The summed E-state index contributed by atoms with van der Waals surface area (Å²) in [5.74, 6) is 0.612. The summed E-state index contributed by atoms with van der Waals surface area (Å²) in [4.78, 5) is 0.252. The number of halogens is 3. The van der Waals surface area contributed by atoms with E-state index in [1.54, 1.807) is 30.3 Å². The van der Waals surface area contributed by atoms with Crippen LogP contribution in [0.25, 0.3) is 0 Å². The molecule has 2 aromatic carbocycles. The zero-order chi connectivity index (χ0) is 14.7. The van der Waals surface area contributed by atoms with Crippen molar-refractivity contribution in [2.45, 2.75) is 6.61 Å². The molecule has 104 valence electrons. The summed E-state index contributed by atoms with van der Waals surface area (Å²) in [6.45, 7) is 0.318. The Morgan fingerprint density at radius 2 is 1.80 bits per heavy atom. The second-order valence-corrected chi connectivity index (χ2v) is 5.72. The summed E-state index contributed by atoms with van der Waals surface area (Å²) < 4.78 is 5.63. The van der Waals surface area contributed by atoms with Gasteiger partial charge in [-0.15, -0.1) is 0 Å². The number of hydrogen-bond acceptors (Lipinski definition) is 2. The standard InChI is InChI=1S/C14H10Cl3NOS/c15-9-2-1-8(12(16)5-9)7-19-10-3-4-11(14(18)20)13(17)6-10/h1-6H,7H2,(H2,18,20). The molecule has 0 heterocycles. The van der Waals surface area contributed by atoms with E-state index in [0.717, 1.165) is 5.56 Å². The van der Waals surface area contributed by atoms with Crippen LogP contribution in [0.15, 0.2) is 36.4 Å². The lowest BCUT2D eigenvalue weighted by atomic mass is 10.2. The van der Waals surface area contributed by atoms with E-state index in [4.69, 9.17) is 57.5 Å². The van der Waals surface area contributed by atoms with Gasteiger partial charge in [0, 0.05) is 21.2 Å². The number of benzene rings is 2. The van der Waals surface area contributed by atoms with Gasteiger partial charge in [0.05, 0.1) is 5.02 Å². The predicted octanol–water partition coefficient (Wildman–Crippen LogP) is 4.86. The highest BCUT2D eigenvalue weighted by Crippen LogP contribution is 2.25. The van der Waals surface area contributed by atoms with Crippen molar-refractivity contribution in [3.63, 3.8) is 0 Å². The third-order valence-corrected chi connectivity index (χ3v) is 3.74. The summed E-state index contributed by atoms with van der Waals surface area (Å²) in [6, 6.07) is 10.4. The van der Waals surface area contributed by atoms with Crippen LogP contribution >= 0.6 is 47.0 Å². The molecule has 0 aromatic heterocycles. The minimum absolute atomic E-state index is 0.252. The first kappa shape index (κ1) is 15.4.